The number of likely N-dealkylation sites (tertiary alicyclic amines) is 2. The van der Waals surface area contributed by atoms with Crippen molar-refractivity contribution in [3.63, 3.8) is 0 Å². The zero-order chi connectivity index (χ0) is 16.9. The highest BCUT2D eigenvalue weighted by atomic mass is 16.5. The van der Waals surface area contributed by atoms with Gasteiger partial charge in [-0.25, -0.2) is 0 Å². The summed E-state index contributed by atoms with van der Waals surface area (Å²) in [5.41, 5.74) is 1.03. The first kappa shape index (κ1) is 16.9. The first-order valence-electron chi connectivity index (χ1n) is 8.53. The van der Waals surface area contributed by atoms with Crippen molar-refractivity contribution in [3.8, 4) is 0 Å². The van der Waals surface area contributed by atoms with Gasteiger partial charge in [-0.15, -0.1) is 0 Å². The molecule has 0 aromatic heterocycles. The highest BCUT2D eigenvalue weighted by Crippen LogP contribution is 2.18. The summed E-state index contributed by atoms with van der Waals surface area (Å²) in [5.74, 6) is -0.199. The van der Waals surface area contributed by atoms with Crippen LogP contribution in [0.25, 0.3) is 0 Å². The second-order valence-electron chi connectivity index (χ2n) is 6.49. The lowest BCUT2D eigenvalue weighted by Crippen LogP contribution is -2.56. The Morgan fingerprint density at radius 2 is 1.96 bits per heavy atom. The SMILES string of the molecule is O=C(CN1CCCCC(OCc2ccccc2)C1=O)N1CC(O)C1. The molecule has 2 aliphatic heterocycles. The fourth-order valence-electron chi connectivity index (χ4n) is 3.07. The van der Waals surface area contributed by atoms with E-state index >= 15 is 0 Å². The fourth-order valence-corrected chi connectivity index (χ4v) is 3.07. The van der Waals surface area contributed by atoms with Crippen LogP contribution in [0.3, 0.4) is 0 Å². The van der Waals surface area contributed by atoms with Gasteiger partial charge in [-0.2, -0.15) is 0 Å². The molecule has 0 aliphatic carbocycles. The average molecular weight is 332 g/mol. The van der Waals surface area contributed by atoms with Gasteiger partial charge in [0.1, 0.15) is 6.10 Å². The zero-order valence-corrected chi connectivity index (χ0v) is 13.8. The summed E-state index contributed by atoms with van der Waals surface area (Å²) in [6, 6.07) is 9.77. The van der Waals surface area contributed by atoms with Gasteiger partial charge in [-0.05, 0) is 24.8 Å². The number of β-amino-alcohol motifs (C(OH)–C–C–N with tert-alkyl or cyclic N) is 1. The van der Waals surface area contributed by atoms with E-state index in [1.54, 1.807) is 9.80 Å². The number of rotatable bonds is 5. The molecule has 6 heteroatoms. The van der Waals surface area contributed by atoms with E-state index in [2.05, 4.69) is 0 Å². The number of carbonyl (C=O) groups excluding carboxylic acids is 2. The summed E-state index contributed by atoms with van der Waals surface area (Å²) in [6.45, 7) is 1.81. The lowest BCUT2D eigenvalue weighted by atomic mass is 10.1. The molecule has 0 bridgehead atoms. The normalized spacial score (nSPS) is 22.2. The van der Waals surface area contributed by atoms with Crippen LogP contribution < -0.4 is 0 Å². The summed E-state index contributed by atoms with van der Waals surface area (Å²) in [5, 5.41) is 9.30. The molecule has 1 unspecified atom stereocenters. The van der Waals surface area contributed by atoms with Gasteiger partial charge in [0.25, 0.3) is 5.91 Å². The van der Waals surface area contributed by atoms with Gasteiger partial charge in [-0.3, -0.25) is 9.59 Å². The van der Waals surface area contributed by atoms with Crippen molar-refractivity contribution in [1.29, 1.82) is 0 Å². The molecule has 2 fully saturated rings. The van der Waals surface area contributed by atoms with Gasteiger partial charge in [0.2, 0.25) is 5.91 Å². The fraction of sp³-hybridized carbons (Fsp3) is 0.556. The van der Waals surface area contributed by atoms with E-state index in [-0.39, 0.29) is 18.4 Å². The van der Waals surface area contributed by atoms with Crippen LogP contribution >= 0.6 is 0 Å². The van der Waals surface area contributed by atoms with Crippen molar-refractivity contribution in [3.05, 3.63) is 35.9 Å². The Kier molecular flexibility index (Phi) is 5.48. The molecule has 1 atom stereocenters. The maximum Gasteiger partial charge on any atom is 0.252 e. The Morgan fingerprint density at radius 3 is 2.67 bits per heavy atom. The van der Waals surface area contributed by atoms with Crippen molar-refractivity contribution < 1.29 is 19.4 Å². The van der Waals surface area contributed by atoms with E-state index in [0.29, 0.717) is 32.7 Å². The van der Waals surface area contributed by atoms with Crippen molar-refractivity contribution in [1.82, 2.24) is 9.80 Å². The minimum atomic E-state index is -0.484. The molecule has 2 heterocycles. The monoisotopic (exact) mass is 332 g/mol. The quantitative estimate of drug-likeness (QED) is 0.865. The molecule has 2 saturated heterocycles. The van der Waals surface area contributed by atoms with Gasteiger partial charge >= 0.3 is 0 Å². The Bertz CT molecular complexity index is 572. The molecule has 1 aromatic rings. The molecule has 130 valence electrons. The summed E-state index contributed by atoms with van der Waals surface area (Å²) < 4.78 is 5.83. The lowest BCUT2D eigenvalue weighted by Gasteiger charge is -2.37. The predicted molar refractivity (Wildman–Crippen MR) is 88.0 cm³/mol. The Balaban J connectivity index is 1.55. The summed E-state index contributed by atoms with van der Waals surface area (Å²) in [6.07, 6.45) is 1.59. The molecule has 0 spiro atoms. The molecule has 1 aromatic carbocycles. The number of aliphatic hydroxyl groups is 1. The first-order valence-corrected chi connectivity index (χ1v) is 8.53. The van der Waals surface area contributed by atoms with Crippen LogP contribution in [-0.4, -0.2) is 65.1 Å². The number of benzene rings is 1. The summed E-state index contributed by atoms with van der Waals surface area (Å²) in [4.78, 5) is 28.0. The maximum atomic E-state index is 12.7. The molecular formula is C18H24N2O4. The van der Waals surface area contributed by atoms with Crippen LogP contribution in [0.2, 0.25) is 0 Å². The van der Waals surface area contributed by atoms with Gasteiger partial charge < -0.3 is 19.6 Å². The number of aliphatic hydroxyl groups excluding tert-OH is 1. The number of hydrogen-bond donors (Lipinski definition) is 1. The zero-order valence-electron chi connectivity index (χ0n) is 13.8. The molecular weight excluding hydrogens is 308 g/mol. The van der Waals surface area contributed by atoms with Crippen LogP contribution in [0.5, 0.6) is 0 Å². The number of hydrogen-bond acceptors (Lipinski definition) is 4. The molecule has 3 rings (SSSR count). The molecule has 6 nitrogen and oxygen atoms in total. The number of amides is 2. The molecule has 0 saturated carbocycles. The summed E-state index contributed by atoms with van der Waals surface area (Å²) in [7, 11) is 0. The highest BCUT2D eigenvalue weighted by Gasteiger charge is 2.33. The smallest absolute Gasteiger partial charge is 0.252 e. The van der Waals surface area contributed by atoms with Gasteiger partial charge in [0.05, 0.1) is 19.3 Å². The second-order valence-corrected chi connectivity index (χ2v) is 6.49. The molecule has 1 N–H and O–H groups in total. The van der Waals surface area contributed by atoms with Crippen molar-refractivity contribution in [2.24, 2.45) is 0 Å². The van der Waals surface area contributed by atoms with Crippen molar-refractivity contribution in [2.75, 3.05) is 26.2 Å². The van der Waals surface area contributed by atoms with Crippen LogP contribution in [0, 0.1) is 0 Å². The molecule has 2 amide bonds. The first-order chi connectivity index (χ1) is 11.6. The average Bonchev–Trinajstić information content (AvgIpc) is 2.73. The Labute approximate surface area is 142 Å². The number of carbonyl (C=O) groups is 2. The number of ether oxygens (including phenoxy) is 1. The summed E-state index contributed by atoms with van der Waals surface area (Å²) >= 11 is 0. The maximum absolute atomic E-state index is 12.7. The molecule has 24 heavy (non-hydrogen) atoms. The third kappa shape index (κ3) is 4.13. The van der Waals surface area contributed by atoms with E-state index in [1.165, 1.54) is 0 Å². The predicted octanol–water partition coefficient (Wildman–Crippen LogP) is 0.787. The van der Waals surface area contributed by atoms with Crippen LogP contribution in [0.15, 0.2) is 30.3 Å². The van der Waals surface area contributed by atoms with E-state index in [9.17, 15) is 14.7 Å². The lowest BCUT2D eigenvalue weighted by molar-refractivity contribution is -0.152. The minimum Gasteiger partial charge on any atom is -0.389 e. The number of nitrogens with zero attached hydrogens (tertiary/aromatic N) is 2. The van der Waals surface area contributed by atoms with Crippen LogP contribution in [-0.2, 0) is 20.9 Å². The van der Waals surface area contributed by atoms with Crippen LogP contribution in [0.4, 0.5) is 0 Å². The van der Waals surface area contributed by atoms with E-state index < -0.39 is 12.2 Å². The van der Waals surface area contributed by atoms with Crippen LogP contribution in [0.1, 0.15) is 24.8 Å². The van der Waals surface area contributed by atoms with Gasteiger partial charge in [0, 0.05) is 19.6 Å². The minimum absolute atomic E-state index is 0.0801. The third-order valence-electron chi connectivity index (χ3n) is 4.57. The Hall–Kier alpha value is -1.92. The third-order valence-corrected chi connectivity index (χ3v) is 4.57. The molecule has 2 aliphatic rings. The van der Waals surface area contributed by atoms with Crippen molar-refractivity contribution >= 4 is 11.8 Å². The van der Waals surface area contributed by atoms with Gasteiger partial charge in [0.15, 0.2) is 0 Å². The molecule has 0 radical (unpaired) electrons. The van der Waals surface area contributed by atoms with Gasteiger partial charge in [-0.1, -0.05) is 30.3 Å². The Morgan fingerprint density at radius 1 is 1.21 bits per heavy atom. The van der Waals surface area contributed by atoms with Crippen molar-refractivity contribution in [2.45, 2.75) is 38.1 Å². The highest BCUT2D eigenvalue weighted by molar-refractivity contribution is 5.87. The standard InChI is InChI=1S/C18H24N2O4/c21-15-10-20(11-15)17(22)12-19-9-5-4-8-16(18(19)23)24-13-14-6-2-1-3-7-14/h1-3,6-7,15-16,21H,4-5,8-13H2. The van der Waals surface area contributed by atoms with E-state index in [0.717, 1.165) is 18.4 Å². The second kappa shape index (κ2) is 7.77. The van der Waals surface area contributed by atoms with E-state index in [1.807, 2.05) is 30.3 Å². The largest absolute Gasteiger partial charge is 0.389 e. The topological polar surface area (TPSA) is 70.1 Å². The van der Waals surface area contributed by atoms with E-state index in [4.69, 9.17) is 4.74 Å².